The topological polar surface area (TPSA) is 29.1 Å². The lowest BCUT2D eigenvalue weighted by molar-refractivity contribution is 0.0954. The van der Waals surface area contributed by atoms with Crippen molar-refractivity contribution in [1.82, 2.24) is 5.32 Å². The molecule has 2 nitrogen and oxygen atoms in total. The highest BCUT2D eigenvalue weighted by Gasteiger charge is 2.11. The number of amides is 1. The maximum Gasteiger partial charge on any atom is 0.252 e. The van der Waals surface area contributed by atoms with E-state index in [9.17, 15) is 4.79 Å². The fourth-order valence-electron chi connectivity index (χ4n) is 1.13. The molecule has 0 fully saturated rings. The fourth-order valence-corrected chi connectivity index (χ4v) is 1.85. The van der Waals surface area contributed by atoms with Crippen LogP contribution in [0.25, 0.3) is 0 Å². The molecule has 0 aliphatic heterocycles. The SMILES string of the molecule is CSc1ccc(Cl)c(C(=O)NCC(C)Cl)c1. The molecule has 1 atom stereocenters. The van der Waals surface area contributed by atoms with E-state index in [4.69, 9.17) is 23.2 Å². The van der Waals surface area contributed by atoms with Crippen molar-refractivity contribution in [3.05, 3.63) is 28.8 Å². The van der Waals surface area contributed by atoms with Crippen molar-refractivity contribution in [3.63, 3.8) is 0 Å². The molecule has 0 aliphatic rings. The van der Waals surface area contributed by atoms with Crippen molar-refractivity contribution in [2.24, 2.45) is 0 Å². The van der Waals surface area contributed by atoms with Crippen LogP contribution < -0.4 is 5.32 Å². The van der Waals surface area contributed by atoms with Crippen LogP contribution in [0.5, 0.6) is 0 Å². The number of alkyl halides is 1. The number of rotatable bonds is 4. The largest absolute Gasteiger partial charge is 0.351 e. The summed E-state index contributed by atoms with van der Waals surface area (Å²) in [5.74, 6) is -0.187. The predicted molar refractivity (Wildman–Crippen MR) is 70.9 cm³/mol. The summed E-state index contributed by atoms with van der Waals surface area (Å²) in [6, 6.07) is 5.39. The summed E-state index contributed by atoms with van der Waals surface area (Å²) in [5, 5.41) is 3.09. The molecule has 1 rings (SSSR count). The normalized spacial score (nSPS) is 12.2. The Morgan fingerprint density at radius 1 is 1.56 bits per heavy atom. The minimum atomic E-state index is -0.187. The first-order valence-corrected chi connectivity index (χ1v) is 6.84. The molecule has 16 heavy (non-hydrogen) atoms. The van der Waals surface area contributed by atoms with Crippen LogP contribution in [0.2, 0.25) is 5.02 Å². The Morgan fingerprint density at radius 2 is 2.25 bits per heavy atom. The summed E-state index contributed by atoms with van der Waals surface area (Å²) in [6.07, 6.45) is 1.95. The number of hydrogen-bond acceptors (Lipinski definition) is 2. The Labute approximate surface area is 110 Å². The molecule has 1 N–H and O–H groups in total. The Morgan fingerprint density at radius 3 is 2.81 bits per heavy atom. The van der Waals surface area contributed by atoms with Crippen molar-refractivity contribution >= 4 is 40.9 Å². The number of hydrogen-bond donors (Lipinski definition) is 1. The molecule has 1 aromatic carbocycles. The van der Waals surface area contributed by atoms with E-state index in [0.717, 1.165) is 4.90 Å². The molecular weight excluding hydrogens is 265 g/mol. The van der Waals surface area contributed by atoms with Gasteiger partial charge in [-0.1, -0.05) is 11.6 Å². The summed E-state index contributed by atoms with van der Waals surface area (Å²) in [6.45, 7) is 2.25. The van der Waals surface area contributed by atoms with E-state index in [1.165, 1.54) is 0 Å². The lowest BCUT2D eigenvalue weighted by atomic mass is 10.2. The Bertz CT molecular complexity index is 382. The average molecular weight is 278 g/mol. The van der Waals surface area contributed by atoms with Gasteiger partial charge in [-0.3, -0.25) is 4.79 Å². The third kappa shape index (κ3) is 3.89. The number of benzene rings is 1. The quantitative estimate of drug-likeness (QED) is 0.675. The van der Waals surface area contributed by atoms with Gasteiger partial charge in [0.2, 0.25) is 0 Å². The molecule has 1 amide bonds. The highest BCUT2D eigenvalue weighted by Crippen LogP contribution is 2.22. The van der Waals surface area contributed by atoms with Crippen molar-refractivity contribution in [1.29, 1.82) is 0 Å². The van der Waals surface area contributed by atoms with Gasteiger partial charge in [0.25, 0.3) is 5.91 Å². The molecule has 5 heteroatoms. The van der Waals surface area contributed by atoms with Crippen LogP contribution in [0.4, 0.5) is 0 Å². The van der Waals surface area contributed by atoms with Gasteiger partial charge < -0.3 is 5.32 Å². The van der Waals surface area contributed by atoms with Crippen LogP contribution in [0, 0.1) is 0 Å². The summed E-state index contributed by atoms with van der Waals surface area (Å²) >= 11 is 13.3. The van der Waals surface area contributed by atoms with Crippen LogP contribution >= 0.6 is 35.0 Å². The second-order valence-electron chi connectivity index (χ2n) is 3.34. The van der Waals surface area contributed by atoms with Gasteiger partial charge in [0, 0.05) is 16.8 Å². The lowest BCUT2D eigenvalue weighted by Gasteiger charge is -2.08. The van der Waals surface area contributed by atoms with Gasteiger partial charge in [0.15, 0.2) is 0 Å². The fraction of sp³-hybridized carbons (Fsp3) is 0.364. The Hall–Kier alpha value is -0.380. The molecule has 0 aromatic heterocycles. The van der Waals surface area contributed by atoms with Crippen LogP contribution in [0.15, 0.2) is 23.1 Å². The third-order valence-electron chi connectivity index (χ3n) is 1.96. The van der Waals surface area contributed by atoms with Gasteiger partial charge in [0.05, 0.1) is 10.6 Å². The van der Waals surface area contributed by atoms with Crippen molar-refractivity contribution in [3.8, 4) is 0 Å². The van der Waals surface area contributed by atoms with Gasteiger partial charge in [-0.2, -0.15) is 0 Å². The molecule has 88 valence electrons. The third-order valence-corrected chi connectivity index (χ3v) is 3.17. The zero-order chi connectivity index (χ0) is 12.1. The van der Waals surface area contributed by atoms with E-state index in [1.807, 2.05) is 19.2 Å². The van der Waals surface area contributed by atoms with Gasteiger partial charge in [-0.15, -0.1) is 23.4 Å². The van der Waals surface area contributed by atoms with Gasteiger partial charge in [-0.25, -0.2) is 0 Å². The summed E-state index contributed by atoms with van der Waals surface area (Å²) in [7, 11) is 0. The summed E-state index contributed by atoms with van der Waals surface area (Å²) < 4.78 is 0. The van der Waals surface area contributed by atoms with Crippen LogP contribution in [0.3, 0.4) is 0 Å². The molecule has 1 aromatic rings. The zero-order valence-electron chi connectivity index (χ0n) is 9.09. The van der Waals surface area contributed by atoms with E-state index in [-0.39, 0.29) is 11.3 Å². The Kier molecular flexibility index (Phi) is 5.46. The summed E-state index contributed by atoms with van der Waals surface area (Å²) in [5.41, 5.74) is 0.492. The van der Waals surface area contributed by atoms with Crippen LogP contribution in [-0.4, -0.2) is 24.1 Å². The van der Waals surface area contributed by atoms with E-state index in [1.54, 1.807) is 23.9 Å². The molecule has 0 radical (unpaired) electrons. The molecule has 0 aliphatic carbocycles. The predicted octanol–water partition coefficient (Wildman–Crippen LogP) is 3.42. The first kappa shape index (κ1) is 13.7. The lowest BCUT2D eigenvalue weighted by Crippen LogP contribution is -2.28. The molecular formula is C11H13Cl2NOS. The van der Waals surface area contributed by atoms with E-state index < -0.39 is 0 Å². The molecule has 1 unspecified atom stereocenters. The van der Waals surface area contributed by atoms with Gasteiger partial charge in [-0.05, 0) is 31.4 Å². The maximum absolute atomic E-state index is 11.8. The highest BCUT2D eigenvalue weighted by molar-refractivity contribution is 7.98. The van der Waals surface area contributed by atoms with Crippen molar-refractivity contribution in [2.75, 3.05) is 12.8 Å². The minimum absolute atomic E-state index is 0.0912. The van der Waals surface area contributed by atoms with Crippen molar-refractivity contribution < 1.29 is 4.79 Å². The monoisotopic (exact) mass is 277 g/mol. The number of carbonyl (C=O) groups excluding carboxylic acids is 1. The Balaban J connectivity index is 2.81. The molecule has 0 saturated carbocycles. The minimum Gasteiger partial charge on any atom is -0.351 e. The zero-order valence-corrected chi connectivity index (χ0v) is 11.4. The second kappa shape index (κ2) is 6.38. The highest BCUT2D eigenvalue weighted by atomic mass is 35.5. The van der Waals surface area contributed by atoms with Crippen LogP contribution in [0.1, 0.15) is 17.3 Å². The smallest absolute Gasteiger partial charge is 0.252 e. The first-order valence-electron chi connectivity index (χ1n) is 4.80. The van der Waals surface area contributed by atoms with E-state index >= 15 is 0 Å². The maximum atomic E-state index is 11.8. The number of halogens is 2. The summed E-state index contributed by atoms with van der Waals surface area (Å²) in [4.78, 5) is 12.8. The van der Waals surface area contributed by atoms with Crippen LogP contribution in [-0.2, 0) is 0 Å². The number of thioether (sulfide) groups is 1. The van der Waals surface area contributed by atoms with Crippen molar-refractivity contribution in [2.45, 2.75) is 17.2 Å². The molecule has 0 saturated heterocycles. The molecule has 0 spiro atoms. The van der Waals surface area contributed by atoms with E-state index in [2.05, 4.69) is 5.32 Å². The van der Waals surface area contributed by atoms with Gasteiger partial charge >= 0.3 is 0 Å². The number of nitrogens with one attached hydrogen (secondary N) is 1. The molecule has 0 bridgehead atoms. The van der Waals surface area contributed by atoms with Gasteiger partial charge in [0.1, 0.15) is 0 Å². The second-order valence-corrected chi connectivity index (χ2v) is 5.37. The molecule has 0 heterocycles. The standard InChI is InChI=1S/C11H13Cl2NOS/c1-7(12)6-14-11(15)9-5-8(16-2)3-4-10(9)13/h3-5,7H,6H2,1-2H3,(H,14,15). The van der Waals surface area contributed by atoms with E-state index in [0.29, 0.717) is 17.1 Å². The number of carbonyl (C=O) groups is 1. The first-order chi connectivity index (χ1) is 7.54. The average Bonchev–Trinajstić information content (AvgIpc) is 2.26.